The van der Waals surface area contributed by atoms with Crippen LogP contribution in [0.15, 0.2) is 24.3 Å². The number of ether oxygens (including phenoxy) is 1. The first kappa shape index (κ1) is 15.4. The topological polar surface area (TPSA) is 111 Å². The van der Waals surface area contributed by atoms with E-state index in [1.165, 1.54) is 18.2 Å². The zero-order valence-corrected chi connectivity index (χ0v) is 11.1. The number of halogens is 3. The Bertz CT molecular complexity index is 739. The smallest absolute Gasteiger partial charge is 0.422 e. The van der Waals surface area contributed by atoms with Gasteiger partial charge in [-0.2, -0.15) is 23.4 Å². The van der Waals surface area contributed by atoms with Crippen LogP contribution in [-0.4, -0.2) is 22.8 Å². The number of hydrogen-bond acceptors (Lipinski definition) is 6. The van der Waals surface area contributed by atoms with Crippen molar-refractivity contribution in [3.05, 3.63) is 29.8 Å². The SMILES string of the molecule is N#Cc1c(N)nc(N)nc1-c1cccc(OCC(F)(F)F)c1. The lowest BCUT2D eigenvalue weighted by Crippen LogP contribution is -2.19. The molecular weight excluding hydrogens is 299 g/mol. The molecule has 0 spiro atoms. The quantitative estimate of drug-likeness (QED) is 0.898. The van der Waals surface area contributed by atoms with E-state index in [0.717, 1.165) is 0 Å². The van der Waals surface area contributed by atoms with Gasteiger partial charge in [0.15, 0.2) is 6.61 Å². The number of alkyl halides is 3. The fourth-order valence-corrected chi connectivity index (χ4v) is 1.71. The van der Waals surface area contributed by atoms with E-state index in [-0.39, 0.29) is 28.8 Å². The Balaban J connectivity index is 2.40. The summed E-state index contributed by atoms with van der Waals surface area (Å²) < 4.78 is 41.2. The molecule has 1 heterocycles. The number of nitrogen functional groups attached to an aromatic ring is 2. The Hall–Kier alpha value is -3.02. The molecule has 0 saturated carbocycles. The first-order valence-electron chi connectivity index (χ1n) is 5.93. The fourth-order valence-electron chi connectivity index (χ4n) is 1.71. The highest BCUT2D eigenvalue weighted by Crippen LogP contribution is 2.28. The zero-order valence-electron chi connectivity index (χ0n) is 11.1. The van der Waals surface area contributed by atoms with Crippen LogP contribution in [0.2, 0.25) is 0 Å². The van der Waals surface area contributed by atoms with E-state index in [1.54, 1.807) is 6.07 Å². The molecule has 22 heavy (non-hydrogen) atoms. The molecule has 6 nitrogen and oxygen atoms in total. The molecule has 0 fully saturated rings. The highest BCUT2D eigenvalue weighted by atomic mass is 19.4. The standard InChI is InChI=1S/C13H10F3N5O/c14-13(15,16)6-22-8-3-1-2-7(4-8)10-9(5-17)11(18)21-12(19)20-10/h1-4H,6H2,(H4,18,19,20,21). The summed E-state index contributed by atoms with van der Waals surface area (Å²) in [7, 11) is 0. The molecule has 114 valence electrons. The third kappa shape index (κ3) is 3.54. The van der Waals surface area contributed by atoms with E-state index >= 15 is 0 Å². The van der Waals surface area contributed by atoms with Gasteiger partial charge < -0.3 is 16.2 Å². The van der Waals surface area contributed by atoms with Crippen molar-refractivity contribution in [2.75, 3.05) is 18.1 Å². The molecule has 1 aromatic carbocycles. The Kier molecular flexibility index (Phi) is 4.03. The maximum absolute atomic E-state index is 12.2. The van der Waals surface area contributed by atoms with Gasteiger partial charge in [0.2, 0.25) is 5.95 Å². The van der Waals surface area contributed by atoms with Crippen molar-refractivity contribution in [1.82, 2.24) is 9.97 Å². The van der Waals surface area contributed by atoms with Crippen LogP contribution < -0.4 is 16.2 Å². The van der Waals surface area contributed by atoms with Gasteiger partial charge in [-0.05, 0) is 12.1 Å². The van der Waals surface area contributed by atoms with Crippen molar-refractivity contribution >= 4 is 11.8 Å². The maximum atomic E-state index is 12.2. The summed E-state index contributed by atoms with van der Waals surface area (Å²) in [6, 6.07) is 7.52. The fraction of sp³-hybridized carbons (Fsp3) is 0.154. The number of nitriles is 1. The molecule has 2 aromatic rings. The number of nitrogens with two attached hydrogens (primary N) is 2. The number of rotatable bonds is 3. The molecule has 0 saturated heterocycles. The molecule has 0 atom stereocenters. The molecule has 0 radical (unpaired) electrons. The van der Waals surface area contributed by atoms with Crippen molar-refractivity contribution in [1.29, 1.82) is 5.26 Å². The van der Waals surface area contributed by atoms with Gasteiger partial charge in [0.1, 0.15) is 23.2 Å². The minimum absolute atomic E-state index is 0.0119. The Morgan fingerprint density at radius 2 is 1.95 bits per heavy atom. The van der Waals surface area contributed by atoms with Crippen molar-refractivity contribution in [2.24, 2.45) is 0 Å². The van der Waals surface area contributed by atoms with Gasteiger partial charge in [0, 0.05) is 5.56 Å². The van der Waals surface area contributed by atoms with Crippen molar-refractivity contribution in [3.63, 3.8) is 0 Å². The van der Waals surface area contributed by atoms with E-state index < -0.39 is 12.8 Å². The highest BCUT2D eigenvalue weighted by Gasteiger charge is 2.28. The highest BCUT2D eigenvalue weighted by molar-refractivity contribution is 5.73. The normalized spacial score (nSPS) is 11.0. The molecule has 0 unspecified atom stereocenters. The third-order valence-electron chi connectivity index (χ3n) is 2.58. The van der Waals surface area contributed by atoms with Gasteiger partial charge in [0.05, 0.1) is 5.69 Å². The number of nitrogens with zero attached hydrogens (tertiary/aromatic N) is 3. The lowest BCUT2D eigenvalue weighted by molar-refractivity contribution is -0.153. The Morgan fingerprint density at radius 3 is 2.59 bits per heavy atom. The van der Waals surface area contributed by atoms with E-state index in [9.17, 15) is 13.2 Å². The molecule has 0 aliphatic carbocycles. The Morgan fingerprint density at radius 1 is 1.23 bits per heavy atom. The molecule has 2 rings (SSSR count). The average molecular weight is 309 g/mol. The summed E-state index contributed by atoms with van der Waals surface area (Å²) in [5.41, 5.74) is 11.5. The zero-order chi connectivity index (χ0) is 16.3. The van der Waals surface area contributed by atoms with Gasteiger partial charge in [-0.1, -0.05) is 12.1 Å². The van der Waals surface area contributed by atoms with Gasteiger partial charge in [-0.15, -0.1) is 0 Å². The number of hydrogen-bond donors (Lipinski definition) is 2. The summed E-state index contributed by atoms with van der Waals surface area (Å²) in [6.07, 6.45) is -4.45. The van der Waals surface area contributed by atoms with Crippen molar-refractivity contribution < 1.29 is 17.9 Å². The van der Waals surface area contributed by atoms with Crippen LogP contribution in [0.1, 0.15) is 5.56 Å². The predicted octanol–water partition coefficient (Wildman–Crippen LogP) is 2.12. The van der Waals surface area contributed by atoms with Gasteiger partial charge >= 0.3 is 6.18 Å². The van der Waals surface area contributed by atoms with Gasteiger partial charge in [0.25, 0.3) is 0 Å². The second-order valence-electron chi connectivity index (χ2n) is 4.23. The molecule has 9 heteroatoms. The van der Waals surface area contributed by atoms with Crippen LogP contribution in [0.4, 0.5) is 24.9 Å². The molecule has 0 aliphatic heterocycles. The van der Waals surface area contributed by atoms with Crippen molar-refractivity contribution in [2.45, 2.75) is 6.18 Å². The van der Waals surface area contributed by atoms with Crippen LogP contribution in [0.5, 0.6) is 5.75 Å². The third-order valence-corrected chi connectivity index (χ3v) is 2.58. The summed E-state index contributed by atoms with van der Waals surface area (Å²) in [5, 5.41) is 9.10. The number of aromatic nitrogens is 2. The monoisotopic (exact) mass is 309 g/mol. The van der Waals surface area contributed by atoms with Gasteiger partial charge in [-0.25, -0.2) is 4.98 Å². The molecule has 0 aliphatic rings. The molecule has 0 amide bonds. The van der Waals surface area contributed by atoms with Crippen molar-refractivity contribution in [3.8, 4) is 23.1 Å². The second kappa shape index (κ2) is 5.77. The number of anilines is 2. The van der Waals surface area contributed by atoms with Crippen LogP contribution in [-0.2, 0) is 0 Å². The Labute approximate surface area is 123 Å². The summed E-state index contributed by atoms with van der Waals surface area (Å²) >= 11 is 0. The second-order valence-corrected chi connectivity index (χ2v) is 4.23. The van der Waals surface area contributed by atoms with E-state index in [1.807, 2.05) is 6.07 Å². The average Bonchev–Trinajstić information content (AvgIpc) is 2.44. The van der Waals surface area contributed by atoms with Crippen LogP contribution >= 0.6 is 0 Å². The van der Waals surface area contributed by atoms with Crippen LogP contribution in [0.25, 0.3) is 11.3 Å². The largest absolute Gasteiger partial charge is 0.484 e. The minimum Gasteiger partial charge on any atom is -0.484 e. The number of benzene rings is 1. The summed E-state index contributed by atoms with van der Waals surface area (Å²) in [6.45, 7) is -1.42. The first-order chi connectivity index (χ1) is 10.3. The van der Waals surface area contributed by atoms with E-state index in [4.69, 9.17) is 16.7 Å². The molecule has 0 bridgehead atoms. The molecule has 4 N–H and O–H groups in total. The first-order valence-corrected chi connectivity index (χ1v) is 5.93. The lowest BCUT2D eigenvalue weighted by atomic mass is 10.1. The molecule has 1 aromatic heterocycles. The predicted molar refractivity (Wildman–Crippen MR) is 72.6 cm³/mol. The summed E-state index contributed by atoms with van der Waals surface area (Å²) in [4.78, 5) is 7.57. The van der Waals surface area contributed by atoms with E-state index in [0.29, 0.717) is 5.56 Å². The summed E-state index contributed by atoms with van der Waals surface area (Å²) in [5.74, 6) is -0.269. The maximum Gasteiger partial charge on any atom is 0.422 e. The van der Waals surface area contributed by atoms with E-state index in [2.05, 4.69) is 14.7 Å². The minimum atomic E-state index is -4.45. The van der Waals surface area contributed by atoms with Gasteiger partial charge in [-0.3, -0.25) is 0 Å². The molecular formula is C13H10F3N5O. The van der Waals surface area contributed by atoms with Crippen LogP contribution in [0.3, 0.4) is 0 Å². The lowest BCUT2D eigenvalue weighted by Gasteiger charge is -2.11. The van der Waals surface area contributed by atoms with Crippen LogP contribution in [0, 0.1) is 11.3 Å².